The molecule has 2 N–H and O–H groups in total. The molecule has 5 heteroatoms. The molecule has 2 aromatic rings. The van der Waals surface area contributed by atoms with Crippen molar-refractivity contribution in [1.29, 1.82) is 0 Å². The highest BCUT2D eigenvalue weighted by atomic mass is 19.2. The summed E-state index contributed by atoms with van der Waals surface area (Å²) < 4.78 is 44.7. The number of halogens is 3. The molecule has 0 atom stereocenters. The van der Waals surface area contributed by atoms with Gasteiger partial charge in [-0.2, -0.15) is 4.39 Å². The Bertz CT molecular complexity index is 572. The zero-order valence-electron chi connectivity index (χ0n) is 9.29. The largest absolute Gasteiger partial charge is 0.483 e. The zero-order chi connectivity index (χ0) is 13.1. The van der Waals surface area contributed by atoms with Crippen molar-refractivity contribution in [2.45, 2.75) is 6.61 Å². The average molecular weight is 253 g/mol. The minimum atomic E-state index is -1.17. The van der Waals surface area contributed by atoms with E-state index in [0.29, 0.717) is 0 Å². The van der Waals surface area contributed by atoms with Gasteiger partial charge in [0.1, 0.15) is 12.4 Å². The molecule has 0 spiro atoms. The number of ether oxygens (including phenoxy) is 1. The maximum atomic E-state index is 13.4. The molecule has 0 aliphatic carbocycles. The van der Waals surface area contributed by atoms with Gasteiger partial charge in [0, 0.05) is 5.56 Å². The fraction of sp³-hybridized carbons (Fsp3) is 0.0769. The molecule has 0 saturated carbocycles. The van der Waals surface area contributed by atoms with Gasteiger partial charge in [-0.1, -0.05) is 18.2 Å². The first-order valence-corrected chi connectivity index (χ1v) is 5.19. The lowest BCUT2D eigenvalue weighted by Gasteiger charge is -2.10. The van der Waals surface area contributed by atoms with Gasteiger partial charge in [-0.05, 0) is 18.2 Å². The SMILES string of the molecule is Nc1ccc(F)c(F)c1OCc1ccccc1F. The van der Waals surface area contributed by atoms with E-state index < -0.39 is 23.2 Å². The summed E-state index contributed by atoms with van der Waals surface area (Å²) in [6, 6.07) is 7.98. The first-order chi connectivity index (χ1) is 8.59. The second kappa shape index (κ2) is 5.00. The number of benzene rings is 2. The summed E-state index contributed by atoms with van der Waals surface area (Å²) in [5.41, 5.74) is 5.67. The van der Waals surface area contributed by atoms with Gasteiger partial charge in [-0.3, -0.25) is 0 Å². The molecular formula is C13H10F3NO. The van der Waals surface area contributed by atoms with Crippen molar-refractivity contribution in [2.24, 2.45) is 0 Å². The van der Waals surface area contributed by atoms with Crippen LogP contribution in [-0.4, -0.2) is 0 Å². The van der Waals surface area contributed by atoms with Crippen molar-refractivity contribution in [3.05, 3.63) is 59.4 Å². The summed E-state index contributed by atoms with van der Waals surface area (Å²) in [7, 11) is 0. The first kappa shape index (κ1) is 12.3. The second-order valence-corrected chi connectivity index (χ2v) is 3.66. The number of nitrogens with two attached hydrogens (primary N) is 1. The molecule has 0 heterocycles. The predicted molar refractivity (Wildman–Crippen MR) is 61.5 cm³/mol. The third kappa shape index (κ3) is 2.40. The van der Waals surface area contributed by atoms with E-state index in [4.69, 9.17) is 10.5 Å². The van der Waals surface area contributed by atoms with Crippen LogP contribution in [0.5, 0.6) is 5.75 Å². The van der Waals surface area contributed by atoms with Crippen LogP contribution < -0.4 is 10.5 Å². The van der Waals surface area contributed by atoms with Gasteiger partial charge in [-0.25, -0.2) is 8.78 Å². The Hall–Kier alpha value is -2.17. The van der Waals surface area contributed by atoms with Crippen LogP contribution in [0.3, 0.4) is 0 Å². The topological polar surface area (TPSA) is 35.2 Å². The summed E-state index contributed by atoms with van der Waals surface area (Å²) in [6.45, 7) is -0.225. The van der Waals surface area contributed by atoms with E-state index in [1.54, 1.807) is 6.07 Å². The highest BCUT2D eigenvalue weighted by molar-refractivity contribution is 5.53. The summed E-state index contributed by atoms with van der Waals surface area (Å²) in [6.07, 6.45) is 0. The maximum absolute atomic E-state index is 13.4. The zero-order valence-corrected chi connectivity index (χ0v) is 9.29. The number of hydrogen-bond donors (Lipinski definition) is 1. The minimum absolute atomic E-state index is 0.0368. The molecule has 94 valence electrons. The third-order valence-corrected chi connectivity index (χ3v) is 2.41. The van der Waals surface area contributed by atoms with Gasteiger partial charge in [0.25, 0.3) is 0 Å². The van der Waals surface area contributed by atoms with Crippen molar-refractivity contribution in [2.75, 3.05) is 5.73 Å². The molecule has 18 heavy (non-hydrogen) atoms. The van der Waals surface area contributed by atoms with Gasteiger partial charge in [0.15, 0.2) is 11.6 Å². The first-order valence-electron chi connectivity index (χ1n) is 5.19. The van der Waals surface area contributed by atoms with Crippen LogP contribution in [0.2, 0.25) is 0 Å². The van der Waals surface area contributed by atoms with E-state index >= 15 is 0 Å². The van der Waals surface area contributed by atoms with Crippen LogP contribution in [0.25, 0.3) is 0 Å². The molecule has 0 bridgehead atoms. The van der Waals surface area contributed by atoms with Gasteiger partial charge in [-0.15, -0.1) is 0 Å². The lowest BCUT2D eigenvalue weighted by molar-refractivity contribution is 0.281. The highest BCUT2D eigenvalue weighted by Gasteiger charge is 2.14. The Labute approximate surface area is 102 Å². The summed E-state index contributed by atoms with van der Waals surface area (Å²) in [4.78, 5) is 0. The van der Waals surface area contributed by atoms with E-state index in [1.165, 1.54) is 24.3 Å². The summed E-state index contributed by atoms with van der Waals surface area (Å²) in [5, 5.41) is 0. The molecule has 0 amide bonds. The van der Waals surface area contributed by atoms with Gasteiger partial charge in [0.05, 0.1) is 5.69 Å². The maximum Gasteiger partial charge on any atom is 0.202 e. The van der Waals surface area contributed by atoms with Crippen LogP contribution in [-0.2, 0) is 6.61 Å². The fourth-order valence-corrected chi connectivity index (χ4v) is 1.46. The van der Waals surface area contributed by atoms with Gasteiger partial charge >= 0.3 is 0 Å². The molecule has 0 fully saturated rings. The molecule has 2 aromatic carbocycles. The smallest absolute Gasteiger partial charge is 0.202 e. The second-order valence-electron chi connectivity index (χ2n) is 3.66. The minimum Gasteiger partial charge on any atom is -0.483 e. The lowest BCUT2D eigenvalue weighted by atomic mass is 10.2. The fourth-order valence-electron chi connectivity index (χ4n) is 1.46. The van der Waals surface area contributed by atoms with Crippen molar-refractivity contribution >= 4 is 5.69 Å². The van der Waals surface area contributed by atoms with E-state index in [9.17, 15) is 13.2 Å². The Balaban J connectivity index is 2.21. The molecule has 0 saturated heterocycles. The van der Waals surface area contributed by atoms with E-state index in [-0.39, 0.29) is 17.9 Å². The number of hydrogen-bond acceptors (Lipinski definition) is 2. The van der Waals surface area contributed by atoms with E-state index in [2.05, 4.69) is 0 Å². The predicted octanol–water partition coefficient (Wildman–Crippen LogP) is 3.27. The van der Waals surface area contributed by atoms with Gasteiger partial charge in [0.2, 0.25) is 5.82 Å². The molecule has 2 rings (SSSR count). The normalized spacial score (nSPS) is 10.4. The average Bonchev–Trinajstić information content (AvgIpc) is 2.36. The number of anilines is 1. The Morgan fingerprint density at radius 2 is 1.67 bits per heavy atom. The van der Waals surface area contributed by atoms with Crippen molar-refractivity contribution in [3.8, 4) is 5.75 Å². The van der Waals surface area contributed by atoms with E-state index in [1.807, 2.05) is 0 Å². The molecule has 0 aliphatic heterocycles. The molecule has 0 unspecified atom stereocenters. The molecule has 0 radical (unpaired) electrons. The molecule has 2 nitrogen and oxygen atoms in total. The summed E-state index contributed by atoms with van der Waals surface area (Å²) >= 11 is 0. The van der Waals surface area contributed by atoms with E-state index in [0.717, 1.165) is 6.07 Å². The van der Waals surface area contributed by atoms with Gasteiger partial charge < -0.3 is 10.5 Å². The van der Waals surface area contributed by atoms with Crippen molar-refractivity contribution < 1.29 is 17.9 Å². The summed E-state index contributed by atoms with van der Waals surface area (Å²) in [5.74, 6) is -3.12. The Kier molecular flexibility index (Phi) is 3.41. The van der Waals surface area contributed by atoms with Crippen LogP contribution in [0.4, 0.5) is 18.9 Å². The standard InChI is InChI=1S/C13H10F3NO/c14-9-4-2-1-3-8(9)7-18-13-11(17)6-5-10(15)12(13)16/h1-6H,7,17H2. The highest BCUT2D eigenvalue weighted by Crippen LogP contribution is 2.28. The molecule has 0 aliphatic rings. The monoisotopic (exact) mass is 253 g/mol. The quantitative estimate of drug-likeness (QED) is 0.852. The van der Waals surface area contributed by atoms with Crippen molar-refractivity contribution in [1.82, 2.24) is 0 Å². The third-order valence-electron chi connectivity index (χ3n) is 2.41. The van der Waals surface area contributed by atoms with Crippen LogP contribution in [0.1, 0.15) is 5.56 Å². The lowest BCUT2D eigenvalue weighted by Crippen LogP contribution is -2.03. The molecular weight excluding hydrogens is 243 g/mol. The Morgan fingerprint density at radius 1 is 0.944 bits per heavy atom. The van der Waals surface area contributed by atoms with Crippen LogP contribution in [0, 0.1) is 17.5 Å². The van der Waals surface area contributed by atoms with Crippen molar-refractivity contribution in [3.63, 3.8) is 0 Å². The van der Waals surface area contributed by atoms with Crippen LogP contribution in [0.15, 0.2) is 36.4 Å². The van der Waals surface area contributed by atoms with Crippen LogP contribution >= 0.6 is 0 Å². The molecule has 0 aromatic heterocycles. The number of rotatable bonds is 3. The Morgan fingerprint density at radius 3 is 2.39 bits per heavy atom. The number of nitrogen functional groups attached to an aromatic ring is 1.